The van der Waals surface area contributed by atoms with Crippen molar-refractivity contribution in [3.8, 4) is 0 Å². The zero-order valence-corrected chi connectivity index (χ0v) is 9.08. The lowest BCUT2D eigenvalue weighted by Gasteiger charge is -1.93. The van der Waals surface area contributed by atoms with Crippen molar-refractivity contribution in [3.05, 3.63) is 15.9 Å². The van der Waals surface area contributed by atoms with Gasteiger partial charge in [-0.1, -0.05) is 19.2 Å². The van der Waals surface area contributed by atoms with E-state index in [9.17, 15) is 0 Å². The molecule has 1 aromatic rings. The highest BCUT2D eigenvalue weighted by molar-refractivity contribution is 9.11. The molecule has 0 spiro atoms. The van der Waals surface area contributed by atoms with Crippen LogP contribution in [-0.2, 0) is 0 Å². The molecule has 0 aromatic carbocycles. The van der Waals surface area contributed by atoms with Gasteiger partial charge in [-0.05, 0) is 26.5 Å². The van der Waals surface area contributed by atoms with Crippen LogP contribution in [0.5, 0.6) is 0 Å². The van der Waals surface area contributed by atoms with Gasteiger partial charge in [0.05, 0.1) is 12.6 Å². The molecule has 1 rings (SSSR count). The van der Waals surface area contributed by atoms with Gasteiger partial charge in [-0.3, -0.25) is 0 Å². The van der Waals surface area contributed by atoms with Gasteiger partial charge in [0.1, 0.15) is 0 Å². The Morgan fingerprint density at radius 3 is 2.33 bits per heavy atom. The van der Waals surface area contributed by atoms with Gasteiger partial charge in [0.2, 0.25) is 0 Å². The summed E-state index contributed by atoms with van der Waals surface area (Å²) in [5, 5.41) is 0. The third-order valence-electron chi connectivity index (χ3n) is 1.16. The molecule has 0 atom stereocenters. The minimum Gasteiger partial charge on any atom is -0.138 e. The van der Waals surface area contributed by atoms with Crippen LogP contribution < -0.4 is 4.50 Å². The number of halogens is 1. The number of hydrogen-bond donors (Lipinski definition) is 0. The van der Waals surface area contributed by atoms with Crippen LogP contribution in [0.2, 0.25) is 13.1 Å². The minimum absolute atomic E-state index is 0.519. The summed E-state index contributed by atoms with van der Waals surface area (Å²) in [5.41, 5.74) is 0. The van der Waals surface area contributed by atoms with E-state index in [4.69, 9.17) is 0 Å². The Hall–Kier alpha value is 0.397. The molecule has 50 valence electrons. The molecule has 0 aliphatic carbocycles. The highest BCUT2D eigenvalue weighted by atomic mass is 79.9. The lowest BCUT2D eigenvalue weighted by molar-refractivity contribution is 1.95. The maximum atomic E-state index is 3.44. The van der Waals surface area contributed by atoms with Crippen LogP contribution in [0.25, 0.3) is 0 Å². The Kier molecular flexibility index (Phi) is 2.49. The molecular weight excluding hydrogens is 212 g/mol. The molecule has 0 aliphatic rings. The first-order valence-electron chi connectivity index (χ1n) is 2.95. The summed E-state index contributed by atoms with van der Waals surface area (Å²) in [6, 6.07) is 4.36. The van der Waals surface area contributed by atoms with Crippen molar-refractivity contribution in [2.24, 2.45) is 0 Å². The van der Waals surface area contributed by atoms with Crippen LogP contribution in [0.3, 0.4) is 0 Å². The predicted molar refractivity (Wildman–Crippen MR) is 50.5 cm³/mol. The van der Waals surface area contributed by atoms with E-state index in [2.05, 4.69) is 41.2 Å². The summed E-state index contributed by atoms with van der Waals surface area (Å²) in [6.07, 6.45) is 0. The fourth-order valence-electron chi connectivity index (χ4n) is 0.639. The predicted octanol–water partition coefficient (Wildman–Crippen LogP) is 2.20. The van der Waals surface area contributed by atoms with Crippen LogP contribution in [0.1, 0.15) is 0 Å². The van der Waals surface area contributed by atoms with E-state index in [1.54, 1.807) is 4.50 Å². The largest absolute Gasteiger partial charge is 0.138 e. The highest BCUT2D eigenvalue weighted by Gasteiger charge is 2.01. The molecule has 0 radical (unpaired) electrons. The molecule has 0 amide bonds. The van der Waals surface area contributed by atoms with Crippen molar-refractivity contribution in [1.29, 1.82) is 0 Å². The lowest BCUT2D eigenvalue weighted by Crippen LogP contribution is -2.17. The fraction of sp³-hybridized carbons (Fsp3) is 0.333. The third-order valence-corrected chi connectivity index (χ3v) is 5.71. The van der Waals surface area contributed by atoms with E-state index in [0.717, 1.165) is 0 Å². The van der Waals surface area contributed by atoms with Crippen molar-refractivity contribution in [1.82, 2.24) is 0 Å². The average molecular weight is 221 g/mol. The SMILES string of the molecule is C[SiH](C)c1ccc(Br)s1. The third kappa shape index (κ3) is 1.91. The van der Waals surface area contributed by atoms with Crippen molar-refractivity contribution in [2.45, 2.75) is 13.1 Å². The molecule has 3 heteroatoms. The van der Waals surface area contributed by atoms with Gasteiger partial charge in [0, 0.05) is 0 Å². The van der Waals surface area contributed by atoms with E-state index < -0.39 is 8.80 Å². The van der Waals surface area contributed by atoms with Crippen molar-refractivity contribution in [3.63, 3.8) is 0 Å². The second kappa shape index (κ2) is 2.99. The van der Waals surface area contributed by atoms with E-state index in [0.29, 0.717) is 0 Å². The second-order valence-electron chi connectivity index (χ2n) is 2.30. The standard InChI is InChI=1S/C6H9BrSSi/c1-9(2)6-4-3-5(7)8-6/h3-4,9H,1-2H3. The van der Waals surface area contributed by atoms with Crippen LogP contribution in [0.4, 0.5) is 0 Å². The van der Waals surface area contributed by atoms with E-state index in [1.807, 2.05) is 11.3 Å². The second-order valence-corrected chi connectivity index (χ2v) is 8.14. The highest BCUT2D eigenvalue weighted by Crippen LogP contribution is 2.14. The lowest BCUT2D eigenvalue weighted by atomic mass is 10.7. The van der Waals surface area contributed by atoms with E-state index in [-0.39, 0.29) is 0 Å². The van der Waals surface area contributed by atoms with E-state index in [1.165, 1.54) is 3.79 Å². The smallest absolute Gasteiger partial charge is 0.0776 e. The Morgan fingerprint density at radius 2 is 2.11 bits per heavy atom. The molecule has 9 heavy (non-hydrogen) atoms. The molecule has 0 unspecified atom stereocenters. The van der Waals surface area contributed by atoms with Crippen molar-refractivity contribution in [2.75, 3.05) is 0 Å². The number of thiophene rings is 1. The van der Waals surface area contributed by atoms with Gasteiger partial charge in [0.15, 0.2) is 0 Å². The summed E-state index contributed by atoms with van der Waals surface area (Å²) in [6.45, 7) is 4.69. The van der Waals surface area contributed by atoms with Crippen molar-refractivity contribution < 1.29 is 0 Å². The Labute approximate surface area is 69.6 Å². The molecule has 0 nitrogen and oxygen atoms in total. The molecule has 0 bridgehead atoms. The molecule has 0 saturated heterocycles. The van der Waals surface area contributed by atoms with Crippen LogP contribution >= 0.6 is 27.3 Å². The summed E-state index contributed by atoms with van der Waals surface area (Å²) in [4.78, 5) is 0. The first-order valence-corrected chi connectivity index (χ1v) is 7.45. The molecule has 0 N–H and O–H groups in total. The normalized spacial score (nSPS) is 10.7. The van der Waals surface area contributed by atoms with Gasteiger partial charge >= 0.3 is 0 Å². The van der Waals surface area contributed by atoms with Crippen LogP contribution in [-0.4, -0.2) is 8.80 Å². The first-order chi connectivity index (χ1) is 4.20. The Bertz CT molecular complexity index is 195. The zero-order chi connectivity index (χ0) is 6.85. The maximum absolute atomic E-state index is 3.44. The molecule has 0 saturated carbocycles. The molecule has 0 aliphatic heterocycles. The average Bonchev–Trinajstić information content (AvgIpc) is 2.14. The van der Waals surface area contributed by atoms with Gasteiger partial charge < -0.3 is 0 Å². The quantitative estimate of drug-likeness (QED) is 0.638. The van der Waals surface area contributed by atoms with Crippen LogP contribution in [0, 0.1) is 0 Å². The monoisotopic (exact) mass is 220 g/mol. The Morgan fingerprint density at radius 1 is 1.44 bits per heavy atom. The number of rotatable bonds is 1. The zero-order valence-electron chi connectivity index (χ0n) is 5.52. The Balaban J connectivity index is 2.85. The van der Waals surface area contributed by atoms with Crippen molar-refractivity contribution >= 4 is 40.6 Å². The van der Waals surface area contributed by atoms with Gasteiger partial charge in [-0.15, -0.1) is 11.3 Å². The topological polar surface area (TPSA) is 0 Å². The van der Waals surface area contributed by atoms with Gasteiger partial charge in [0.25, 0.3) is 0 Å². The summed E-state index contributed by atoms with van der Waals surface area (Å²) in [5.74, 6) is 0. The van der Waals surface area contributed by atoms with Gasteiger partial charge in [-0.25, -0.2) is 0 Å². The maximum Gasteiger partial charge on any atom is 0.0776 e. The van der Waals surface area contributed by atoms with Crippen LogP contribution in [0.15, 0.2) is 15.9 Å². The van der Waals surface area contributed by atoms with E-state index >= 15 is 0 Å². The molecule has 1 heterocycles. The first kappa shape index (κ1) is 7.50. The summed E-state index contributed by atoms with van der Waals surface area (Å²) in [7, 11) is -0.519. The van der Waals surface area contributed by atoms with Gasteiger partial charge in [-0.2, -0.15) is 0 Å². The fourth-order valence-corrected chi connectivity index (χ4v) is 4.15. The molecular formula is C6H9BrSSi. The molecule has 0 fully saturated rings. The minimum atomic E-state index is -0.519. The summed E-state index contributed by atoms with van der Waals surface area (Å²) < 4.78 is 2.85. The molecule has 1 aromatic heterocycles. The number of hydrogen-bond acceptors (Lipinski definition) is 1. The summed E-state index contributed by atoms with van der Waals surface area (Å²) >= 11 is 5.32.